The third-order valence-electron chi connectivity index (χ3n) is 4.35. The Balaban J connectivity index is 1.84. The summed E-state index contributed by atoms with van der Waals surface area (Å²) in [7, 11) is 0. The van der Waals surface area contributed by atoms with Gasteiger partial charge in [-0.1, -0.05) is 6.07 Å². The second kappa shape index (κ2) is 7.34. The van der Waals surface area contributed by atoms with Crippen LogP contribution in [0.3, 0.4) is 0 Å². The van der Waals surface area contributed by atoms with Gasteiger partial charge >= 0.3 is 12.1 Å². The lowest BCUT2D eigenvalue weighted by Gasteiger charge is -2.22. The molecule has 0 fully saturated rings. The maximum atomic E-state index is 12.1. The molecule has 0 aliphatic heterocycles. The predicted molar refractivity (Wildman–Crippen MR) is 92.0 cm³/mol. The first-order valence-corrected chi connectivity index (χ1v) is 8.25. The summed E-state index contributed by atoms with van der Waals surface area (Å²) in [5.41, 5.74) is 5.02. The molecule has 2 aromatic rings. The highest BCUT2D eigenvalue weighted by Gasteiger charge is 2.20. The molecule has 25 heavy (non-hydrogen) atoms. The van der Waals surface area contributed by atoms with Crippen LogP contribution in [0.5, 0.6) is 0 Å². The van der Waals surface area contributed by atoms with E-state index in [-0.39, 0.29) is 6.61 Å². The van der Waals surface area contributed by atoms with Crippen molar-refractivity contribution in [2.45, 2.75) is 33.2 Å². The van der Waals surface area contributed by atoms with E-state index in [0.29, 0.717) is 5.56 Å². The summed E-state index contributed by atoms with van der Waals surface area (Å²) in [5, 5.41) is 0. The summed E-state index contributed by atoms with van der Waals surface area (Å²) in [6.07, 6.45) is 6.41. The predicted octanol–water partition coefficient (Wildman–Crippen LogP) is 3.62. The number of nitrogens with zero attached hydrogens (tertiary/aromatic N) is 2. The fourth-order valence-electron chi connectivity index (χ4n) is 3.01. The van der Waals surface area contributed by atoms with E-state index < -0.39 is 12.1 Å². The van der Waals surface area contributed by atoms with Gasteiger partial charge in [0.25, 0.3) is 0 Å². The fourth-order valence-corrected chi connectivity index (χ4v) is 3.01. The molecule has 0 spiro atoms. The largest absolute Gasteiger partial charge is 0.516 e. The molecule has 0 N–H and O–H groups in total. The van der Waals surface area contributed by atoms with Gasteiger partial charge in [0.15, 0.2) is 0 Å². The number of aromatic nitrogens is 2. The van der Waals surface area contributed by atoms with Gasteiger partial charge in [0.05, 0.1) is 18.5 Å². The van der Waals surface area contributed by atoms with E-state index in [2.05, 4.69) is 21.4 Å². The first-order chi connectivity index (χ1) is 12.1. The smallest absolute Gasteiger partial charge is 0.434 e. The molecule has 0 saturated heterocycles. The van der Waals surface area contributed by atoms with Crippen LogP contribution >= 0.6 is 0 Å². The normalized spacial score (nSPS) is 13.4. The van der Waals surface area contributed by atoms with E-state index in [1.165, 1.54) is 11.1 Å². The van der Waals surface area contributed by atoms with Crippen LogP contribution in [-0.4, -0.2) is 28.3 Å². The summed E-state index contributed by atoms with van der Waals surface area (Å²) < 4.78 is 11.4. The van der Waals surface area contributed by atoms with E-state index in [1.54, 1.807) is 31.6 Å². The number of rotatable bonds is 4. The molecule has 130 valence electrons. The maximum absolute atomic E-state index is 12.1. The number of esters is 1. The van der Waals surface area contributed by atoms with Gasteiger partial charge in [-0.15, -0.1) is 0 Å². The Bertz CT molecular complexity index is 822. The van der Waals surface area contributed by atoms with Crippen molar-refractivity contribution in [1.82, 2.24) is 9.55 Å². The molecular formula is C19H20N2O4. The van der Waals surface area contributed by atoms with Crippen molar-refractivity contribution >= 4 is 17.7 Å². The Labute approximate surface area is 146 Å². The van der Waals surface area contributed by atoms with E-state index in [1.807, 2.05) is 16.8 Å². The van der Waals surface area contributed by atoms with Crippen molar-refractivity contribution in [3.8, 4) is 0 Å². The zero-order valence-electron chi connectivity index (χ0n) is 14.3. The van der Waals surface area contributed by atoms with Crippen molar-refractivity contribution < 1.29 is 19.1 Å². The second-order valence-corrected chi connectivity index (χ2v) is 5.91. The van der Waals surface area contributed by atoms with Crippen molar-refractivity contribution in [2.75, 3.05) is 6.61 Å². The van der Waals surface area contributed by atoms with Crippen molar-refractivity contribution in [3.05, 3.63) is 59.2 Å². The summed E-state index contributed by atoms with van der Waals surface area (Å²) in [6.45, 7) is 4.66. The van der Waals surface area contributed by atoms with Crippen LogP contribution in [0.25, 0.3) is 5.57 Å². The zero-order valence-corrected chi connectivity index (χ0v) is 14.3. The Hall–Kier alpha value is -2.89. The van der Waals surface area contributed by atoms with E-state index in [9.17, 15) is 9.59 Å². The number of aryl methyl sites for hydroxylation is 1. The lowest BCUT2D eigenvalue weighted by atomic mass is 9.85. The number of benzene rings is 1. The van der Waals surface area contributed by atoms with Gasteiger partial charge in [-0.3, -0.25) is 0 Å². The molecule has 1 heterocycles. The van der Waals surface area contributed by atoms with Crippen LogP contribution in [0.4, 0.5) is 4.79 Å². The molecule has 3 rings (SSSR count). The Kier molecular flexibility index (Phi) is 4.97. The average Bonchev–Trinajstić information content (AvgIpc) is 3.10. The summed E-state index contributed by atoms with van der Waals surface area (Å²) in [5.74, 6) is -0.698. The van der Waals surface area contributed by atoms with Gasteiger partial charge < -0.3 is 14.0 Å². The van der Waals surface area contributed by atoms with Crippen LogP contribution in [0.2, 0.25) is 0 Å². The monoisotopic (exact) mass is 340 g/mol. The average molecular weight is 340 g/mol. The molecule has 6 nitrogen and oxygen atoms in total. The summed E-state index contributed by atoms with van der Waals surface area (Å²) in [4.78, 5) is 27.5. The third kappa shape index (κ3) is 3.79. The van der Waals surface area contributed by atoms with Gasteiger partial charge in [0, 0.05) is 18.9 Å². The number of ether oxygens (including phenoxy) is 2. The third-order valence-corrected chi connectivity index (χ3v) is 4.35. The Morgan fingerprint density at radius 3 is 2.84 bits per heavy atom. The first kappa shape index (κ1) is 17.0. The minimum Gasteiger partial charge on any atom is -0.434 e. The molecule has 0 atom stereocenters. The van der Waals surface area contributed by atoms with Gasteiger partial charge in [0.1, 0.15) is 0 Å². The number of fused-ring (bicyclic) bond motifs is 1. The molecule has 0 amide bonds. The number of allylic oxidation sites excluding steroid dienone is 2. The fraction of sp³-hybridized carbons (Fsp3) is 0.316. The molecule has 1 aliphatic rings. The lowest BCUT2D eigenvalue weighted by molar-refractivity contribution is 0.0401. The molecule has 0 saturated carbocycles. The molecule has 1 aliphatic carbocycles. The van der Waals surface area contributed by atoms with Crippen LogP contribution in [0, 0.1) is 0 Å². The SMILES string of the molecule is CCOC(=O)OC(=O)c1ccc2c(c1)C(C)=C(Cn1ccnc1)CC2. The molecule has 0 unspecified atom stereocenters. The van der Waals surface area contributed by atoms with E-state index in [0.717, 1.165) is 30.5 Å². The number of carbonyl (C=O) groups excluding carboxylic acids is 2. The Morgan fingerprint density at radius 1 is 1.28 bits per heavy atom. The van der Waals surface area contributed by atoms with Crippen molar-refractivity contribution in [2.24, 2.45) is 0 Å². The topological polar surface area (TPSA) is 70.4 Å². The lowest BCUT2D eigenvalue weighted by Crippen LogP contribution is -2.15. The number of hydrogen-bond donors (Lipinski definition) is 0. The van der Waals surface area contributed by atoms with E-state index >= 15 is 0 Å². The highest BCUT2D eigenvalue weighted by Crippen LogP contribution is 2.32. The minimum absolute atomic E-state index is 0.162. The number of carbonyl (C=O) groups is 2. The van der Waals surface area contributed by atoms with Crippen LogP contribution in [0.1, 0.15) is 41.8 Å². The van der Waals surface area contributed by atoms with Gasteiger partial charge in [-0.05, 0) is 61.1 Å². The minimum atomic E-state index is -0.974. The molecule has 0 bridgehead atoms. The number of imidazole rings is 1. The maximum Gasteiger partial charge on any atom is 0.516 e. The molecule has 0 radical (unpaired) electrons. The highest BCUT2D eigenvalue weighted by molar-refractivity contribution is 5.96. The first-order valence-electron chi connectivity index (χ1n) is 8.25. The number of hydrogen-bond acceptors (Lipinski definition) is 5. The standard InChI is InChI=1S/C19H20N2O4/c1-3-24-19(23)25-18(22)15-6-4-14-5-7-16(13(2)17(14)10-15)11-21-9-8-20-12-21/h4,6,8-10,12H,3,5,7,11H2,1-2H3. The Morgan fingerprint density at radius 2 is 2.12 bits per heavy atom. The molecule has 1 aromatic carbocycles. The van der Waals surface area contributed by atoms with E-state index in [4.69, 9.17) is 0 Å². The van der Waals surface area contributed by atoms with Gasteiger partial charge in [-0.25, -0.2) is 14.6 Å². The quantitative estimate of drug-likeness (QED) is 0.628. The second-order valence-electron chi connectivity index (χ2n) is 5.91. The van der Waals surface area contributed by atoms with Crippen molar-refractivity contribution in [3.63, 3.8) is 0 Å². The molecule has 6 heteroatoms. The van der Waals surface area contributed by atoms with Gasteiger partial charge in [-0.2, -0.15) is 0 Å². The molecule has 1 aromatic heterocycles. The molecular weight excluding hydrogens is 320 g/mol. The zero-order chi connectivity index (χ0) is 17.8. The van der Waals surface area contributed by atoms with Crippen LogP contribution in [0.15, 0.2) is 42.5 Å². The highest BCUT2D eigenvalue weighted by atomic mass is 16.7. The van der Waals surface area contributed by atoms with Gasteiger partial charge in [0.2, 0.25) is 0 Å². The van der Waals surface area contributed by atoms with Crippen LogP contribution < -0.4 is 0 Å². The summed E-state index contributed by atoms with van der Waals surface area (Å²) >= 11 is 0. The summed E-state index contributed by atoms with van der Waals surface area (Å²) in [6, 6.07) is 5.41. The van der Waals surface area contributed by atoms with Crippen LogP contribution in [-0.2, 0) is 22.4 Å². The van der Waals surface area contributed by atoms with Crippen molar-refractivity contribution in [1.29, 1.82) is 0 Å².